The molecule has 0 saturated carbocycles. The Morgan fingerprint density at radius 1 is 1.38 bits per heavy atom. The second-order valence-corrected chi connectivity index (χ2v) is 4.47. The summed E-state index contributed by atoms with van der Waals surface area (Å²) in [4.78, 5) is 2.08. The Morgan fingerprint density at radius 3 is 2.62 bits per heavy atom. The number of benzene rings is 1. The van der Waals surface area contributed by atoms with Crippen molar-refractivity contribution in [3.05, 3.63) is 34.9 Å². The minimum atomic E-state index is -0.00856. The summed E-state index contributed by atoms with van der Waals surface area (Å²) in [7, 11) is 2.00. The lowest BCUT2D eigenvalue weighted by atomic mass is 10.0. The van der Waals surface area contributed by atoms with E-state index in [4.69, 9.17) is 5.26 Å². The molecule has 1 aromatic carbocycles. The third-order valence-electron chi connectivity index (χ3n) is 3.08. The van der Waals surface area contributed by atoms with Gasteiger partial charge in [0.05, 0.1) is 12.1 Å². The SMILES string of the molecule is Cc1ccc(CCN(C)C(C)C#N)c(C)c1. The van der Waals surface area contributed by atoms with Crippen LogP contribution in [0.3, 0.4) is 0 Å². The Balaban J connectivity index is 2.59. The Morgan fingerprint density at radius 2 is 2.06 bits per heavy atom. The lowest BCUT2D eigenvalue weighted by molar-refractivity contribution is 0.306. The van der Waals surface area contributed by atoms with Gasteiger partial charge >= 0.3 is 0 Å². The highest BCUT2D eigenvalue weighted by Gasteiger charge is 2.07. The first kappa shape index (κ1) is 12.7. The van der Waals surface area contributed by atoms with Crippen molar-refractivity contribution in [3.63, 3.8) is 0 Å². The Labute approximate surface area is 98.5 Å². The van der Waals surface area contributed by atoms with Gasteiger partial charge in [-0.25, -0.2) is 0 Å². The van der Waals surface area contributed by atoms with Crippen molar-refractivity contribution in [3.8, 4) is 6.07 Å². The van der Waals surface area contributed by atoms with Crippen LogP contribution in [0.2, 0.25) is 0 Å². The number of rotatable bonds is 4. The van der Waals surface area contributed by atoms with Gasteiger partial charge in [0.25, 0.3) is 0 Å². The van der Waals surface area contributed by atoms with Gasteiger partial charge in [-0.1, -0.05) is 23.8 Å². The van der Waals surface area contributed by atoms with E-state index >= 15 is 0 Å². The van der Waals surface area contributed by atoms with E-state index in [9.17, 15) is 0 Å². The molecule has 0 fully saturated rings. The van der Waals surface area contributed by atoms with Gasteiger partial charge in [-0.15, -0.1) is 0 Å². The first-order valence-electron chi connectivity index (χ1n) is 5.70. The van der Waals surface area contributed by atoms with Gasteiger partial charge in [-0.2, -0.15) is 5.26 Å². The molecule has 16 heavy (non-hydrogen) atoms. The molecule has 1 atom stereocenters. The molecule has 1 rings (SSSR count). The Hall–Kier alpha value is -1.33. The van der Waals surface area contributed by atoms with Crippen LogP contribution in [-0.4, -0.2) is 24.5 Å². The largest absolute Gasteiger partial charge is 0.291 e. The van der Waals surface area contributed by atoms with Crippen molar-refractivity contribution in [2.24, 2.45) is 0 Å². The first-order valence-corrected chi connectivity index (χ1v) is 5.70. The predicted octanol–water partition coefficient (Wildman–Crippen LogP) is 2.69. The molecule has 0 heterocycles. The molecule has 1 aromatic rings. The molecule has 1 unspecified atom stereocenters. The second kappa shape index (κ2) is 5.67. The number of likely N-dealkylation sites (N-methyl/N-ethyl adjacent to an activating group) is 1. The zero-order chi connectivity index (χ0) is 12.1. The van der Waals surface area contributed by atoms with E-state index in [2.05, 4.69) is 43.0 Å². The van der Waals surface area contributed by atoms with E-state index < -0.39 is 0 Å². The topological polar surface area (TPSA) is 27.0 Å². The van der Waals surface area contributed by atoms with E-state index in [0.717, 1.165) is 13.0 Å². The molecule has 86 valence electrons. The summed E-state index contributed by atoms with van der Waals surface area (Å²) in [5.74, 6) is 0. The van der Waals surface area contributed by atoms with E-state index in [0.29, 0.717) is 0 Å². The molecule has 0 spiro atoms. The average molecular weight is 216 g/mol. The lowest BCUT2D eigenvalue weighted by Gasteiger charge is -2.19. The van der Waals surface area contributed by atoms with Gasteiger partial charge in [-0.3, -0.25) is 4.90 Å². The molecule has 0 aliphatic carbocycles. The molecule has 0 N–H and O–H groups in total. The number of hydrogen-bond donors (Lipinski definition) is 0. The quantitative estimate of drug-likeness (QED) is 0.773. The van der Waals surface area contributed by atoms with Crippen LogP contribution >= 0.6 is 0 Å². The van der Waals surface area contributed by atoms with Crippen LogP contribution in [0, 0.1) is 25.2 Å². The highest BCUT2D eigenvalue weighted by molar-refractivity contribution is 5.30. The summed E-state index contributed by atoms with van der Waals surface area (Å²) in [6, 6.07) is 8.79. The molecule has 2 nitrogen and oxygen atoms in total. The molecule has 0 aliphatic heterocycles. The fourth-order valence-corrected chi connectivity index (χ4v) is 1.72. The molecule has 0 amide bonds. The van der Waals surface area contributed by atoms with Gasteiger partial charge in [-0.05, 0) is 45.4 Å². The average Bonchev–Trinajstić information content (AvgIpc) is 2.26. The summed E-state index contributed by atoms with van der Waals surface area (Å²) in [5, 5.41) is 8.80. The third-order valence-corrected chi connectivity index (χ3v) is 3.08. The van der Waals surface area contributed by atoms with Crippen LogP contribution in [0.4, 0.5) is 0 Å². The standard InChI is InChI=1S/C14H20N2/c1-11-5-6-14(12(2)9-11)7-8-16(4)13(3)10-15/h5-6,9,13H,7-8H2,1-4H3. The molecule has 2 heteroatoms. The fourth-order valence-electron chi connectivity index (χ4n) is 1.72. The maximum absolute atomic E-state index is 8.80. The summed E-state index contributed by atoms with van der Waals surface area (Å²) in [6.07, 6.45) is 1.01. The van der Waals surface area contributed by atoms with Gasteiger partial charge in [0, 0.05) is 6.54 Å². The third kappa shape index (κ3) is 3.36. The minimum Gasteiger partial charge on any atom is -0.291 e. The highest BCUT2D eigenvalue weighted by Crippen LogP contribution is 2.11. The summed E-state index contributed by atoms with van der Waals surface area (Å²) >= 11 is 0. The van der Waals surface area contributed by atoms with Gasteiger partial charge < -0.3 is 0 Å². The Bertz CT molecular complexity index is 390. The van der Waals surface area contributed by atoms with E-state index in [1.54, 1.807) is 0 Å². The van der Waals surface area contributed by atoms with Crippen LogP contribution in [0.15, 0.2) is 18.2 Å². The zero-order valence-electron chi connectivity index (χ0n) is 10.6. The highest BCUT2D eigenvalue weighted by atomic mass is 15.1. The summed E-state index contributed by atoms with van der Waals surface area (Å²) < 4.78 is 0. The van der Waals surface area contributed by atoms with Crippen LogP contribution in [0.1, 0.15) is 23.6 Å². The van der Waals surface area contributed by atoms with Crippen molar-refractivity contribution < 1.29 is 0 Å². The molecular formula is C14H20N2. The number of nitrogens with zero attached hydrogens (tertiary/aromatic N) is 2. The van der Waals surface area contributed by atoms with Crippen LogP contribution in [0.25, 0.3) is 0 Å². The Kier molecular flexibility index (Phi) is 4.52. The zero-order valence-corrected chi connectivity index (χ0v) is 10.6. The molecular weight excluding hydrogens is 196 g/mol. The first-order chi connectivity index (χ1) is 7.54. The second-order valence-electron chi connectivity index (χ2n) is 4.47. The monoisotopic (exact) mass is 216 g/mol. The molecule has 0 bridgehead atoms. The maximum Gasteiger partial charge on any atom is 0.0946 e. The van der Waals surface area contributed by atoms with Crippen LogP contribution < -0.4 is 0 Å². The van der Waals surface area contributed by atoms with Gasteiger partial charge in [0.2, 0.25) is 0 Å². The van der Waals surface area contributed by atoms with Crippen LogP contribution in [0.5, 0.6) is 0 Å². The van der Waals surface area contributed by atoms with Crippen LogP contribution in [-0.2, 0) is 6.42 Å². The van der Waals surface area contributed by atoms with Crippen molar-refractivity contribution in [2.45, 2.75) is 33.2 Å². The molecule has 0 radical (unpaired) electrons. The summed E-state index contributed by atoms with van der Waals surface area (Å²) in [5.41, 5.74) is 4.03. The van der Waals surface area contributed by atoms with Crippen molar-refractivity contribution >= 4 is 0 Å². The van der Waals surface area contributed by atoms with Crippen molar-refractivity contribution in [1.29, 1.82) is 5.26 Å². The molecule has 0 aliphatic rings. The fraction of sp³-hybridized carbons (Fsp3) is 0.500. The normalized spacial score (nSPS) is 12.5. The number of hydrogen-bond acceptors (Lipinski definition) is 2. The maximum atomic E-state index is 8.80. The predicted molar refractivity (Wildman–Crippen MR) is 67.3 cm³/mol. The van der Waals surface area contributed by atoms with Gasteiger partial charge in [0.1, 0.15) is 0 Å². The number of nitriles is 1. The molecule has 0 saturated heterocycles. The lowest BCUT2D eigenvalue weighted by Crippen LogP contribution is -2.29. The van der Waals surface area contributed by atoms with Crippen molar-refractivity contribution in [2.75, 3.05) is 13.6 Å². The molecule has 0 aromatic heterocycles. The van der Waals surface area contributed by atoms with Crippen molar-refractivity contribution in [1.82, 2.24) is 4.90 Å². The number of aryl methyl sites for hydroxylation is 2. The van der Waals surface area contributed by atoms with E-state index in [-0.39, 0.29) is 6.04 Å². The van der Waals surface area contributed by atoms with E-state index in [1.165, 1.54) is 16.7 Å². The van der Waals surface area contributed by atoms with Gasteiger partial charge in [0.15, 0.2) is 0 Å². The smallest absolute Gasteiger partial charge is 0.0946 e. The van der Waals surface area contributed by atoms with E-state index in [1.807, 2.05) is 14.0 Å². The summed E-state index contributed by atoms with van der Waals surface area (Å²) in [6.45, 7) is 7.12. The minimum absolute atomic E-state index is 0.00856.